The highest BCUT2D eigenvalue weighted by molar-refractivity contribution is 7.89. The molecule has 2 aromatic heterocycles. The number of nitrogens with one attached hydrogen (secondary N) is 1. The summed E-state index contributed by atoms with van der Waals surface area (Å²) < 4.78 is 31.1. The molecule has 2 aromatic rings. The zero-order chi connectivity index (χ0) is 14.0. The van der Waals surface area contributed by atoms with Crippen LogP contribution in [0.3, 0.4) is 0 Å². The largest absolute Gasteiger partial charge is 0.468 e. The molecule has 0 radical (unpaired) electrons. The van der Waals surface area contributed by atoms with E-state index < -0.39 is 10.0 Å². The number of aromatic amines is 1. The summed E-state index contributed by atoms with van der Waals surface area (Å²) in [5.41, 5.74) is 6.73. The Morgan fingerprint density at radius 2 is 2.26 bits per heavy atom. The standard InChI is InChI=1S/C11H16N4O3S/c1-8-10(6-12)11(14-13-8)19(16,17)15(2)7-9-4-3-5-18-9/h3-5H,6-7,12H2,1-2H3,(H,13,14). The molecule has 0 aliphatic heterocycles. The lowest BCUT2D eigenvalue weighted by molar-refractivity contribution is 0.404. The van der Waals surface area contributed by atoms with Crippen LogP contribution < -0.4 is 5.73 Å². The van der Waals surface area contributed by atoms with E-state index in [1.54, 1.807) is 19.1 Å². The van der Waals surface area contributed by atoms with Crippen molar-refractivity contribution in [2.24, 2.45) is 5.73 Å². The minimum Gasteiger partial charge on any atom is -0.468 e. The van der Waals surface area contributed by atoms with E-state index in [1.807, 2.05) is 0 Å². The fourth-order valence-corrected chi connectivity index (χ4v) is 3.04. The monoisotopic (exact) mass is 284 g/mol. The molecule has 19 heavy (non-hydrogen) atoms. The Bertz CT molecular complexity index is 646. The van der Waals surface area contributed by atoms with E-state index in [4.69, 9.17) is 10.2 Å². The number of aromatic nitrogens is 2. The molecule has 2 heterocycles. The summed E-state index contributed by atoms with van der Waals surface area (Å²) in [7, 11) is -2.21. The van der Waals surface area contributed by atoms with Crippen molar-refractivity contribution in [2.45, 2.75) is 25.0 Å². The minimum atomic E-state index is -3.69. The Balaban J connectivity index is 2.31. The summed E-state index contributed by atoms with van der Waals surface area (Å²) in [6.07, 6.45) is 1.50. The number of furan rings is 1. The van der Waals surface area contributed by atoms with Crippen LogP contribution in [0.1, 0.15) is 17.0 Å². The van der Waals surface area contributed by atoms with Crippen LogP contribution in [0, 0.1) is 6.92 Å². The van der Waals surface area contributed by atoms with Crippen LogP contribution in [-0.2, 0) is 23.1 Å². The zero-order valence-corrected chi connectivity index (χ0v) is 11.6. The van der Waals surface area contributed by atoms with Gasteiger partial charge >= 0.3 is 0 Å². The van der Waals surface area contributed by atoms with E-state index in [1.165, 1.54) is 17.6 Å². The van der Waals surface area contributed by atoms with Gasteiger partial charge in [-0.2, -0.15) is 9.40 Å². The van der Waals surface area contributed by atoms with E-state index in [-0.39, 0.29) is 18.1 Å². The summed E-state index contributed by atoms with van der Waals surface area (Å²) in [6.45, 7) is 2.00. The average Bonchev–Trinajstić information content (AvgIpc) is 2.98. The van der Waals surface area contributed by atoms with Crippen LogP contribution in [0.2, 0.25) is 0 Å². The second-order valence-corrected chi connectivity index (χ2v) is 6.14. The smallest absolute Gasteiger partial charge is 0.262 e. The normalized spacial score (nSPS) is 12.2. The minimum absolute atomic E-state index is 0.0263. The second-order valence-electron chi connectivity index (χ2n) is 4.18. The fourth-order valence-electron chi connectivity index (χ4n) is 1.74. The quantitative estimate of drug-likeness (QED) is 0.836. The Kier molecular flexibility index (Phi) is 3.74. The molecule has 3 N–H and O–H groups in total. The van der Waals surface area contributed by atoms with Crippen molar-refractivity contribution in [2.75, 3.05) is 7.05 Å². The molecule has 8 heteroatoms. The van der Waals surface area contributed by atoms with E-state index in [0.29, 0.717) is 17.0 Å². The molecule has 104 valence electrons. The van der Waals surface area contributed by atoms with Gasteiger partial charge in [-0.1, -0.05) is 0 Å². The van der Waals surface area contributed by atoms with Crippen LogP contribution in [0.25, 0.3) is 0 Å². The van der Waals surface area contributed by atoms with Gasteiger partial charge in [0.05, 0.1) is 12.8 Å². The molecule has 0 amide bonds. The number of sulfonamides is 1. The number of rotatable bonds is 5. The lowest BCUT2D eigenvalue weighted by Crippen LogP contribution is -2.27. The van der Waals surface area contributed by atoms with Crippen LogP contribution in [-0.4, -0.2) is 30.0 Å². The number of nitrogens with zero attached hydrogens (tertiary/aromatic N) is 2. The van der Waals surface area contributed by atoms with Crippen LogP contribution in [0.15, 0.2) is 27.8 Å². The van der Waals surface area contributed by atoms with Crippen LogP contribution in [0.5, 0.6) is 0 Å². The molecule has 0 aliphatic carbocycles. The van der Waals surface area contributed by atoms with Gasteiger partial charge in [0.2, 0.25) is 0 Å². The fraction of sp³-hybridized carbons (Fsp3) is 0.364. The van der Waals surface area contributed by atoms with E-state index in [9.17, 15) is 8.42 Å². The molecule has 0 saturated heterocycles. The van der Waals surface area contributed by atoms with Crippen molar-refractivity contribution >= 4 is 10.0 Å². The zero-order valence-electron chi connectivity index (χ0n) is 10.8. The van der Waals surface area contributed by atoms with E-state index >= 15 is 0 Å². The molecule has 2 rings (SSSR count). The molecule has 0 spiro atoms. The van der Waals surface area contributed by atoms with Gasteiger partial charge in [0.25, 0.3) is 10.0 Å². The van der Waals surface area contributed by atoms with Gasteiger partial charge in [-0.15, -0.1) is 0 Å². The van der Waals surface area contributed by atoms with Gasteiger partial charge in [-0.3, -0.25) is 5.10 Å². The highest BCUT2D eigenvalue weighted by atomic mass is 32.2. The SMILES string of the molecule is Cc1[nH]nc(S(=O)(=O)N(C)Cc2ccco2)c1CN. The third-order valence-electron chi connectivity index (χ3n) is 2.85. The number of aryl methyl sites for hydroxylation is 1. The number of hydrogen-bond acceptors (Lipinski definition) is 5. The molecule has 0 bridgehead atoms. The first kappa shape index (κ1) is 13.8. The topological polar surface area (TPSA) is 105 Å². The molecule has 0 aromatic carbocycles. The molecular formula is C11H16N4O3S. The van der Waals surface area contributed by atoms with E-state index in [0.717, 1.165) is 0 Å². The van der Waals surface area contributed by atoms with Gasteiger partial charge in [0, 0.05) is 24.8 Å². The third kappa shape index (κ3) is 2.55. The van der Waals surface area contributed by atoms with Crippen molar-refractivity contribution in [3.8, 4) is 0 Å². The van der Waals surface area contributed by atoms with Crippen molar-refractivity contribution in [1.29, 1.82) is 0 Å². The summed E-state index contributed by atoms with van der Waals surface area (Å²) in [5, 5.41) is 6.47. The maximum atomic E-state index is 12.4. The molecule has 0 atom stereocenters. The third-order valence-corrected chi connectivity index (χ3v) is 4.63. The second kappa shape index (κ2) is 5.16. The Hall–Kier alpha value is -1.64. The van der Waals surface area contributed by atoms with Crippen molar-refractivity contribution in [3.05, 3.63) is 35.4 Å². The van der Waals surface area contributed by atoms with Crippen molar-refractivity contribution < 1.29 is 12.8 Å². The summed E-state index contributed by atoms with van der Waals surface area (Å²) in [5.74, 6) is 0.563. The average molecular weight is 284 g/mol. The maximum Gasteiger partial charge on any atom is 0.262 e. The molecule has 0 fully saturated rings. The maximum absolute atomic E-state index is 12.4. The molecule has 0 unspecified atom stereocenters. The number of H-pyrrole nitrogens is 1. The lowest BCUT2D eigenvalue weighted by Gasteiger charge is -2.15. The first-order chi connectivity index (χ1) is 8.96. The van der Waals surface area contributed by atoms with Gasteiger partial charge in [-0.05, 0) is 19.1 Å². The Morgan fingerprint density at radius 1 is 1.53 bits per heavy atom. The van der Waals surface area contributed by atoms with Gasteiger partial charge in [0.15, 0.2) is 5.03 Å². The first-order valence-electron chi connectivity index (χ1n) is 5.69. The van der Waals surface area contributed by atoms with E-state index in [2.05, 4.69) is 10.2 Å². The molecule has 0 saturated carbocycles. The Morgan fingerprint density at radius 3 is 2.84 bits per heavy atom. The highest BCUT2D eigenvalue weighted by Gasteiger charge is 2.28. The number of hydrogen-bond donors (Lipinski definition) is 2. The Labute approximate surface area is 111 Å². The summed E-state index contributed by atoms with van der Waals surface area (Å²) >= 11 is 0. The predicted octanol–water partition coefficient (Wildman–Crippen LogP) is 0.591. The highest BCUT2D eigenvalue weighted by Crippen LogP contribution is 2.20. The molecule has 0 aliphatic rings. The summed E-state index contributed by atoms with van der Waals surface area (Å²) in [4.78, 5) is 0. The predicted molar refractivity (Wildman–Crippen MR) is 68.6 cm³/mol. The van der Waals surface area contributed by atoms with Gasteiger partial charge < -0.3 is 10.2 Å². The van der Waals surface area contributed by atoms with Gasteiger partial charge in [-0.25, -0.2) is 8.42 Å². The van der Waals surface area contributed by atoms with Crippen molar-refractivity contribution in [3.63, 3.8) is 0 Å². The lowest BCUT2D eigenvalue weighted by atomic mass is 10.3. The van der Waals surface area contributed by atoms with Crippen LogP contribution >= 0.6 is 0 Å². The van der Waals surface area contributed by atoms with Crippen LogP contribution in [0.4, 0.5) is 0 Å². The van der Waals surface area contributed by atoms with Gasteiger partial charge in [0.1, 0.15) is 5.76 Å². The molecule has 7 nitrogen and oxygen atoms in total. The first-order valence-corrected chi connectivity index (χ1v) is 7.13. The summed E-state index contributed by atoms with van der Waals surface area (Å²) in [6, 6.07) is 3.42. The molecular weight excluding hydrogens is 268 g/mol. The van der Waals surface area contributed by atoms with Crippen molar-refractivity contribution in [1.82, 2.24) is 14.5 Å². The number of nitrogens with two attached hydrogens (primary N) is 1.